The third-order valence-corrected chi connectivity index (χ3v) is 5.86. The second-order valence-electron chi connectivity index (χ2n) is 7.60. The highest BCUT2D eigenvalue weighted by molar-refractivity contribution is 6.48. The lowest BCUT2D eigenvalue weighted by molar-refractivity contribution is -0.121. The molecular formula is C26H20ClN3O. The number of nitrogens with zero attached hydrogens (tertiary/aromatic N) is 3. The van der Waals surface area contributed by atoms with E-state index in [1.54, 1.807) is 16.8 Å². The third kappa shape index (κ3) is 3.25. The summed E-state index contributed by atoms with van der Waals surface area (Å²) in [6.07, 6.45) is 2.05. The summed E-state index contributed by atoms with van der Waals surface area (Å²) in [7, 11) is 1.73. The number of fused-ring (bicyclic) bond motifs is 2. The zero-order chi connectivity index (χ0) is 21.5. The minimum Gasteiger partial charge on any atom is -0.305 e. The van der Waals surface area contributed by atoms with E-state index in [9.17, 15) is 4.79 Å². The number of aliphatic imine (C=N–C) groups is 1. The Bertz CT molecular complexity index is 1270. The number of likely N-dealkylation sites (N-methyl/N-ethyl adjacent to an activating group) is 1. The molecule has 0 radical (unpaired) electrons. The fourth-order valence-corrected chi connectivity index (χ4v) is 4.30. The Balaban J connectivity index is 1.77. The van der Waals surface area contributed by atoms with E-state index in [-0.39, 0.29) is 5.91 Å². The summed E-state index contributed by atoms with van der Waals surface area (Å²) in [6, 6.07) is 25.8. The van der Waals surface area contributed by atoms with Crippen LogP contribution in [0, 0.1) is 6.92 Å². The van der Waals surface area contributed by atoms with Crippen LogP contribution in [-0.4, -0.2) is 28.6 Å². The molecule has 3 aromatic rings. The molecule has 0 saturated heterocycles. The van der Waals surface area contributed by atoms with Gasteiger partial charge in [-0.2, -0.15) is 0 Å². The molecule has 0 aliphatic carbocycles. The molecule has 31 heavy (non-hydrogen) atoms. The van der Waals surface area contributed by atoms with Gasteiger partial charge in [-0.15, -0.1) is 0 Å². The van der Waals surface area contributed by atoms with Gasteiger partial charge in [-0.1, -0.05) is 90.0 Å². The van der Waals surface area contributed by atoms with Crippen molar-refractivity contribution < 1.29 is 4.79 Å². The Morgan fingerprint density at radius 3 is 2.32 bits per heavy atom. The van der Waals surface area contributed by atoms with Crippen molar-refractivity contribution in [2.75, 3.05) is 7.05 Å². The minimum atomic E-state index is -0.201. The molecule has 5 heteroatoms. The summed E-state index contributed by atoms with van der Waals surface area (Å²) in [5, 5.41) is 0.444. The van der Waals surface area contributed by atoms with Crippen molar-refractivity contribution in [2.24, 2.45) is 4.99 Å². The van der Waals surface area contributed by atoms with Crippen molar-refractivity contribution in [2.45, 2.75) is 6.92 Å². The number of carbonyl (C=O) groups excluding carboxylic acids is 1. The van der Waals surface area contributed by atoms with Gasteiger partial charge in [-0.3, -0.25) is 9.69 Å². The molecule has 5 rings (SSSR count). The number of hydrogen-bond donors (Lipinski definition) is 0. The van der Waals surface area contributed by atoms with Crippen LogP contribution in [0.2, 0.25) is 0 Å². The Labute approximate surface area is 186 Å². The standard InChI is InChI=1S/C26H20ClN3O/c1-17-12-14-18(15-13-17)16-22-20-10-6-7-11-21(20)28-25-26(31)29(2)23(24(27)30(22)25)19-8-4-3-5-9-19/h3-16H,1-2H3/b22-16-. The number of para-hydroxylation sites is 1. The number of aryl methyl sites for hydroxylation is 1. The van der Waals surface area contributed by atoms with E-state index in [4.69, 9.17) is 11.6 Å². The number of hydrogen-bond acceptors (Lipinski definition) is 3. The molecular weight excluding hydrogens is 406 g/mol. The minimum absolute atomic E-state index is 0.201. The fourth-order valence-electron chi connectivity index (χ4n) is 3.90. The third-order valence-electron chi connectivity index (χ3n) is 5.51. The van der Waals surface area contributed by atoms with E-state index in [0.717, 1.165) is 28.1 Å². The molecule has 0 saturated carbocycles. The van der Waals surface area contributed by atoms with Gasteiger partial charge in [0.1, 0.15) is 5.16 Å². The molecule has 2 heterocycles. The highest BCUT2D eigenvalue weighted by Gasteiger charge is 2.40. The van der Waals surface area contributed by atoms with Gasteiger partial charge in [0.05, 0.1) is 17.1 Å². The summed E-state index contributed by atoms with van der Waals surface area (Å²) in [6.45, 7) is 2.06. The van der Waals surface area contributed by atoms with Gasteiger partial charge in [0.25, 0.3) is 5.91 Å². The number of amidine groups is 1. The van der Waals surface area contributed by atoms with Crippen molar-refractivity contribution in [3.05, 3.63) is 106 Å². The molecule has 0 aromatic heterocycles. The number of amides is 1. The summed E-state index contributed by atoms with van der Waals surface area (Å²) in [5.41, 5.74) is 6.23. The van der Waals surface area contributed by atoms with Crippen molar-refractivity contribution >= 4 is 46.5 Å². The molecule has 1 amide bonds. The van der Waals surface area contributed by atoms with Crippen molar-refractivity contribution in [1.29, 1.82) is 0 Å². The van der Waals surface area contributed by atoms with Crippen LogP contribution in [0.25, 0.3) is 17.5 Å². The highest BCUT2D eigenvalue weighted by Crippen LogP contribution is 2.43. The van der Waals surface area contributed by atoms with Crippen LogP contribution in [0.3, 0.4) is 0 Å². The Kier molecular flexibility index (Phi) is 4.72. The first kappa shape index (κ1) is 19.3. The predicted molar refractivity (Wildman–Crippen MR) is 126 cm³/mol. The van der Waals surface area contributed by atoms with Crippen LogP contribution in [0.5, 0.6) is 0 Å². The molecule has 2 aliphatic rings. The maximum absolute atomic E-state index is 13.4. The fraction of sp³-hybridized carbons (Fsp3) is 0.0769. The molecule has 152 valence electrons. The molecule has 3 aromatic carbocycles. The number of benzene rings is 3. The van der Waals surface area contributed by atoms with E-state index < -0.39 is 0 Å². The van der Waals surface area contributed by atoms with Gasteiger partial charge < -0.3 is 4.90 Å². The molecule has 0 unspecified atom stereocenters. The molecule has 0 fully saturated rings. The van der Waals surface area contributed by atoms with Crippen molar-refractivity contribution in [3.8, 4) is 0 Å². The topological polar surface area (TPSA) is 35.9 Å². The molecule has 0 atom stereocenters. The van der Waals surface area contributed by atoms with E-state index in [2.05, 4.69) is 42.3 Å². The van der Waals surface area contributed by atoms with Crippen LogP contribution in [0.4, 0.5) is 5.69 Å². The zero-order valence-electron chi connectivity index (χ0n) is 17.2. The highest BCUT2D eigenvalue weighted by atomic mass is 35.5. The first-order valence-electron chi connectivity index (χ1n) is 10.0. The van der Waals surface area contributed by atoms with Crippen LogP contribution >= 0.6 is 11.6 Å². The average molecular weight is 426 g/mol. The molecule has 0 bridgehead atoms. The lowest BCUT2D eigenvalue weighted by Gasteiger charge is -2.39. The molecule has 0 spiro atoms. The SMILES string of the molecule is Cc1ccc(/C=C2/c3ccccc3N=C3C(=O)N(C)C(c4ccccc4)=C(Cl)N32)cc1. The van der Waals surface area contributed by atoms with Gasteiger partial charge in [-0.25, -0.2) is 4.99 Å². The quantitative estimate of drug-likeness (QED) is 0.481. The Morgan fingerprint density at radius 1 is 0.903 bits per heavy atom. The summed E-state index contributed by atoms with van der Waals surface area (Å²) < 4.78 is 0. The maximum atomic E-state index is 13.4. The summed E-state index contributed by atoms with van der Waals surface area (Å²) in [5.74, 6) is 0.0943. The maximum Gasteiger partial charge on any atom is 0.294 e. The van der Waals surface area contributed by atoms with Gasteiger partial charge >= 0.3 is 0 Å². The van der Waals surface area contributed by atoms with Crippen molar-refractivity contribution in [3.63, 3.8) is 0 Å². The average Bonchev–Trinajstić information content (AvgIpc) is 2.79. The van der Waals surface area contributed by atoms with Gasteiger partial charge in [0.2, 0.25) is 5.84 Å². The Morgan fingerprint density at radius 2 is 1.58 bits per heavy atom. The lowest BCUT2D eigenvalue weighted by atomic mass is 10.0. The van der Waals surface area contributed by atoms with Crippen LogP contribution in [0.1, 0.15) is 22.3 Å². The monoisotopic (exact) mass is 425 g/mol. The first-order chi connectivity index (χ1) is 15.0. The van der Waals surface area contributed by atoms with E-state index >= 15 is 0 Å². The van der Waals surface area contributed by atoms with E-state index in [1.165, 1.54) is 5.56 Å². The largest absolute Gasteiger partial charge is 0.305 e. The van der Waals surface area contributed by atoms with Gasteiger partial charge in [0.15, 0.2) is 0 Å². The molecule has 4 nitrogen and oxygen atoms in total. The normalized spacial score (nSPS) is 16.9. The number of rotatable bonds is 2. The second-order valence-corrected chi connectivity index (χ2v) is 7.96. The smallest absolute Gasteiger partial charge is 0.294 e. The van der Waals surface area contributed by atoms with Crippen LogP contribution < -0.4 is 0 Å². The zero-order valence-corrected chi connectivity index (χ0v) is 18.0. The van der Waals surface area contributed by atoms with Crippen LogP contribution in [-0.2, 0) is 4.79 Å². The van der Waals surface area contributed by atoms with E-state index in [0.29, 0.717) is 16.7 Å². The predicted octanol–water partition coefficient (Wildman–Crippen LogP) is 5.88. The van der Waals surface area contributed by atoms with Crippen LogP contribution in [0.15, 0.2) is 89.0 Å². The van der Waals surface area contributed by atoms with Gasteiger partial charge in [0, 0.05) is 18.2 Å². The second kappa shape index (κ2) is 7.56. The summed E-state index contributed by atoms with van der Waals surface area (Å²) >= 11 is 6.99. The number of halogens is 1. The van der Waals surface area contributed by atoms with Crippen molar-refractivity contribution in [1.82, 2.24) is 9.80 Å². The molecule has 2 aliphatic heterocycles. The van der Waals surface area contributed by atoms with E-state index in [1.807, 2.05) is 54.6 Å². The number of carbonyl (C=O) groups is 1. The first-order valence-corrected chi connectivity index (χ1v) is 10.4. The summed E-state index contributed by atoms with van der Waals surface area (Å²) in [4.78, 5) is 21.4. The van der Waals surface area contributed by atoms with Gasteiger partial charge in [-0.05, 0) is 24.6 Å². The molecule has 0 N–H and O–H groups in total. The lowest BCUT2D eigenvalue weighted by Crippen LogP contribution is -2.47. The Hall–Kier alpha value is -3.63.